The van der Waals surface area contributed by atoms with Gasteiger partial charge in [-0.3, -0.25) is 4.99 Å². The van der Waals surface area contributed by atoms with Gasteiger partial charge >= 0.3 is 0 Å². The van der Waals surface area contributed by atoms with Crippen molar-refractivity contribution in [2.24, 2.45) is 16.3 Å². The highest BCUT2D eigenvalue weighted by atomic mass is 127. The highest BCUT2D eigenvalue weighted by molar-refractivity contribution is 14.0. The van der Waals surface area contributed by atoms with Crippen molar-refractivity contribution in [1.82, 2.24) is 10.6 Å². The Morgan fingerprint density at radius 2 is 2.20 bits per heavy atom. The van der Waals surface area contributed by atoms with Gasteiger partial charge in [-0.1, -0.05) is 33.6 Å². The number of halogens is 1. The molecule has 0 amide bonds. The highest BCUT2D eigenvalue weighted by Gasteiger charge is 2.35. The van der Waals surface area contributed by atoms with E-state index in [1.807, 2.05) is 12.1 Å². The minimum Gasteiger partial charge on any atom is -0.469 e. The zero-order valence-corrected chi connectivity index (χ0v) is 18.1. The molecule has 1 heterocycles. The molecule has 0 bridgehead atoms. The number of aliphatic hydroxyl groups is 1. The molecular weight excluding hydrogens is 429 g/mol. The number of hydrogen-bond acceptors (Lipinski definition) is 3. The average molecular weight is 463 g/mol. The Morgan fingerprint density at radius 3 is 2.84 bits per heavy atom. The number of rotatable bonds is 7. The van der Waals surface area contributed by atoms with E-state index in [1.54, 1.807) is 6.26 Å². The monoisotopic (exact) mass is 463 g/mol. The molecule has 0 radical (unpaired) electrons. The average Bonchev–Trinajstić information content (AvgIpc) is 3.06. The van der Waals surface area contributed by atoms with Crippen molar-refractivity contribution >= 4 is 29.9 Å². The van der Waals surface area contributed by atoms with Crippen molar-refractivity contribution in [3.63, 3.8) is 0 Å². The van der Waals surface area contributed by atoms with E-state index in [2.05, 4.69) is 31.4 Å². The van der Waals surface area contributed by atoms with Gasteiger partial charge in [0.05, 0.1) is 18.9 Å². The minimum atomic E-state index is -0.246. The molecule has 2 rings (SSSR count). The lowest BCUT2D eigenvalue weighted by Gasteiger charge is -2.37. The van der Waals surface area contributed by atoms with E-state index in [9.17, 15) is 5.11 Å². The summed E-state index contributed by atoms with van der Waals surface area (Å²) in [5.74, 6) is 2.35. The first-order valence-corrected chi connectivity index (χ1v) is 9.22. The summed E-state index contributed by atoms with van der Waals surface area (Å²) >= 11 is 0. The Kier molecular flexibility index (Phi) is 9.86. The molecule has 1 aliphatic carbocycles. The van der Waals surface area contributed by atoms with Gasteiger partial charge in [0.15, 0.2) is 5.96 Å². The molecule has 1 aliphatic rings. The number of nitrogens with zero attached hydrogens (tertiary/aromatic N) is 1. The van der Waals surface area contributed by atoms with Crippen molar-refractivity contribution in [2.75, 3.05) is 19.6 Å². The summed E-state index contributed by atoms with van der Waals surface area (Å²) in [7, 11) is 0. The summed E-state index contributed by atoms with van der Waals surface area (Å²) in [6.45, 7) is 8.83. The molecule has 2 atom stereocenters. The predicted molar refractivity (Wildman–Crippen MR) is 114 cm³/mol. The Hall–Kier alpha value is -0.760. The summed E-state index contributed by atoms with van der Waals surface area (Å²) in [5, 5.41) is 17.1. The second kappa shape index (κ2) is 11.1. The van der Waals surface area contributed by atoms with Gasteiger partial charge in [0.2, 0.25) is 0 Å². The fourth-order valence-corrected chi connectivity index (χ4v) is 3.06. The van der Waals surface area contributed by atoms with E-state index in [0.29, 0.717) is 12.5 Å². The van der Waals surface area contributed by atoms with Crippen LogP contribution in [0, 0.1) is 11.3 Å². The molecule has 25 heavy (non-hydrogen) atoms. The van der Waals surface area contributed by atoms with E-state index in [1.165, 1.54) is 6.42 Å². The van der Waals surface area contributed by atoms with Crippen molar-refractivity contribution < 1.29 is 9.52 Å². The second-order valence-electron chi connectivity index (χ2n) is 7.61. The van der Waals surface area contributed by atoms with Gasteiger partial charge in [0.1, 0.15) is 5.76 Å². The molecule has 0 saturated heterocycles. The fraction of sp³-hybridized carbons (Fsp3) is 0.737. The van der Waals surface area contributed by atoms with Crippen molar-refractivity contribution in [3.8, 4) is 0 Å². The number of aliphatic imine (C=N–C) groups is 1. The quantitative estimate of drug-likeness (QED) is 0.329. The van der Waals surface area contributed by atoms with Gasteiger partial charge < -0.3 is 20.2 Å². The Balaban J connectivity index is 0.00000312. The summed E-state index contributed by atoms with van der Waals surface area (Å²) in [6, 6.07) is 3.89. The van der Waals surface area contributed by atoms with E-state index >= 15 is 0 Å². The molecule has 1 aromatic heterocycles. The van der Waals surface area contributed by atoms with Crippen molar-refractivity contribution in [2.45, 2.75) is 59.0 Å². The SMILES string of the molecule is CC(C)CNC(=NCC1(C)CCCCC1O)NCCc1ccco1.I. The molecule has 0 aromatic carbocycles. The summed E-state index contributed by atoms with van der Waals surface area (Å²) in [6.07, 6.45) is 6.53. The van der Waals surface area contributed by atoms with Gasteiger partial charge in [0, 0.05) is 24.9 Å². The van der Waals surface area contributed by atoms with E-state index in [0.717, 1.165) is 50.5 Å². The van der Waals surface area contributed by atoms with Gasteiger partial charge in [-0.15, -0.1) is 24.0 Å². The predicted octanol–water partition coefficient (Wildman–Crippen LogP) is 3.57. The zero-order valence-electron chi connectivity index (χ0n) is 15.8. The lowest BCUT2D eigenvalue weighted by Crippen LogP contribution is -2.43. The topological polar surface area (TPSA) is 69.8 Å². The van der Waals surface area contributed by atoms with Crippen LogP contribution in [0.4, 0.5) is 0 Å². The number of hydrogen-bond donors (Lipinski definition) is 3. The third kappa shape index (κ3) is 7.56. The lowest BCUT2D eigenvalue weighted by molar-refractivity contribution is 0.00716. The smallest absolute Gasteiger partial charge is 0.191 e. The first-order chi connectivity index (χ1) is 11.5. The van der Waals surface area contributed by atoms with Crippen LogP contribution in [0.2, 0.25) is 0 Å². The maximum atomic E-state index is 10.3. The molecule has 2 unspecified atom stereocenters. The first kappa shape index (κ1) is 22.3. The molecule has 1 saturated carbocycles. The van der Waals surface area contributed by atoms with E-state index in [4.69, 9.17) is 9.41 Å². The van der Waals surface area contributed by atoms with Gasteiger partial charge in [-0.25, -0.2) is 0 Å². The highest BCUT2D eigenvalue weighted by Crippen LogP contribution is 2.36. The van der Waals surface area contributed by atoms with Crippen LogP contribution in [0.5, 0.6) is 0 Å². The molecule has 1 fully saturated rings. The van der Waals surface area contributed by atoms with Crippen LogP contribution in [0.1, 0.15) is 52.2 Å². The third-order valence-electron chi connectivity index (χ3n) is 4.80. The third-order valence-corrected chi connectivity index (χ3v) is 4.80. The Morgan fingerprint density at radius 1 is 1.40 bits per heavy atom. The Bertz CT molecular complexity index is 505. The standard InChI is InChI=1S/C19H33N3O2.HI/c1-15(2)13-21-18(20-11-9-16-7-6-12-24-16)22-14-19(3)10-5-4-8-17(19)23;/h6-7,12,15,17,23H,4-5,8-11,13-14H2,1-3H3,(H2,20,21,22);1H. The van der Waals surface area contributed by atoms with Crippen LogP contribution in [-0.4, -0.2) is 36.8 Å². The fourth-order valence-electron chi connectivity index (χ4n) is 3.06. The van der Waals surface area contributed by atoms with Crippen LogP contribution in [-0.2, 0) is 6.42 Å². The summed E-state index contributed by atoms with van der Waals surface area (Å²) in [5.41, 5.74) is -0.105. The maximum absolute atomic E-state index is 10.3. The second-order valence-corrected chi connectivity index (χ2v) is 7.61. The number of aliphatic hydroxyl groups excluding tert-OH is 1. The van der Waals surface area contributed by atoms with Crippen LogP contribution < -0.4 is 10.6 Å². The number of nitrogens with one attached hydrogen (secondary N) is 2. The first-order valence-electron chi connectivity index (χ1n) is 9.22. The lowest BCUT2D eigenvalue weighted by atomic mass is 9.73. The maximum Gasteiger partial charge on any atom is 0.191 e. The number of furan rings is 1. The van der Waals surface area contributed by atoms with Crippen LogP contribution >= 0.6 is 24.0 Å². The van der Waals surface area contributed by atoms with Crippen LogP contribution in [0.15, 0.2) is 27.8 Å². The van der Waals surface area contributed by atoms with E-state index < -0.39 is 0 Å². The minimum absolute atomic E-state index is 0. The van der Waals surface area contributed by atoms with Gasteiger partial charge in [-0.2, -0.15) is 0 Å². The van der Waals surface area contributed by atoms with Gasteiger partial charge in [0.25, 0.3) is 0 Å². The van der Waals surface area contributed by atoms with Crippen molar-refractivity contribution in [3.05, 3.63) is 24.2 Å². The van der Waals surface area contributed by atoms with Crippen LogP contribution in [0.3, 0.4) is 0 Å². The van der Waals surface area contributed by atoms with Crippen molar-refractivity contribution in [1.29, 1.82) is 0 Å². The largest absolute Gasteiger partial charge is 0.469 e. The molecule has 144 valence electrons. The zero-order chi connectivity index (χ0) is 17.4. The van der Waals surface area contributed by atoms with Gasteiger partial charge in [-0.05, 0) is 30.9 Å². The summed E-state index contributed by atoms with van der Waals surface area (Å²) < 4.78 is 5.37. The van der Waals surface area contributed by atoms with Crippen LogP contribution in [0.25, 0.3) is 0 Å². The molecule has 0 aliphatic heterocycles. The van der Waals surface area contributed by atoms with E-state index in [-0.39, 0.29) is 35.5 Å². The Labute approximate surface area is 169 Å². The molecule has 3 N–H and O–H groups in total. The molecule has 6 heteroatoms. The molecular formula is C19H34IN3O2. The molecule has 0 spiro atoms. The molecule has 1 aromatic rings. The normalized spacial score (nSPS) is 24.0. The number of guanidine groups is 1. The molecule has 5 nitrogen and oxygen atoms in total. The summed E-state index contributed by atoms with van der Waals surface area (Å²) in [4.78, 5) is 4.76.